The Labute approximate surface area is 80.3 Å². The second-order valence-corrected chi connectivity index (χ2v) is 2.67. The first-order valence-electron chi connectivity index (χ1n) is 3.76. The van der Waals surface area contributed by atoms with E-state index in [0.717, 1.165) is 0 Å². The predicted molar refractivity (Wildman–Crippen MR) is 48.4 cm³/mol. The highest BCUT2D eigenvalue weighted by atomic mass is 16.5. The van der Waals surface area contributed by atoms with Crippen LogP contribution >= 0.6 is 0 Å². The van der Waals surface area contributed by atoms with Gasteiger partial charge in [0, 0.05) is 14.1 Å². The van der Waals surface area contributed by atoms with Crippen LogP contribution in [0.2, 0.25) is 0 Å². The fraction of sp³-hybridized carbons (Fsp3) is 0.375. The van der Waals surface area contributed by atoms with E-state index in [1.165, 1.54) is 12.0 Å². The molecule has 0 fully saturated rings. The summed E-state index contributed by atoms with van der Waals surface area (Å²) in [5.74, 6) is -0.0209. The van der Waals surface area contributed by atoms with E-state index < -0.39 is 5.63 Å². The van der Waals surface area contributed by atoms with Crippen LogP contribution in [-0.2, 0) is 0 Å². The summed E-state index contributed by atoms with van der Waals surface area (Å²) in [5.41, 5.74) is -0.971. The highest BCUT2D eigenvalue weighted by Crippen LogP contribution is 2.14. The van der Waals surface area contributed by atoms with Gasteiger partial charge < -0.3 is 14.1 Å². The Balaban J connectivity index is 3.41. The maximum Gasteiger partial charge on any atom is 0.362 e. The van der Waals surface area contributed by atoms with Gasteiger partial charge in [-0.25, -0.2) is 4.79 Å². The molecule has 1 rings (SSSR count). The Morgan fingerprint density at radius 3 is 2.64 bits per heavy atom. The van der Waals surface area contributed by atoms with Gasteiger partial charge in [0.05, 0.1) is 7.11 Å². The molecule has 74 valence electrons. The van der Waals surface area contributed by atoms with Gasteiger partial charge in [0.25, 0.3) is 0 Å². The van der Waals surface area contributed by atoms with Crippen molar-refractivity contribution in [3.63, 3.8) is 0 Å². The summed E-state index contributed by atoms with van der Waals surface area (Å²) in [5, 5.41) is 8.62. The molecule has 0 amide bonds. The summed E-state index contributed by atoms with van der Waals surface area (Å²) in [6.45, 7) is 0. The molecule has 0 atom stereocenters. The fourth-order valence-corrected chi connectivity index (χ4v) is 0.819. The molecule has 0 unspecified atom stereocenters. The zero-order valence-corrected chi connectivity index (χ0v) is 8.07. The van der Waals surface area contributed by atoms with Gasteiger partial charge in [0.2, 0.25) is 5.88 Å². The van der Waals surface area contributed by atoms with Crippen LogP contribution in [0.15, 0.2) is 9.21 Å². The van der Waals surface area contributed by atoms with E-state index >= 15 is 0 Å². The van der Waals surface area contributed by atoms with Crippen LogP contribution in [0, 0.1) is 11.3 Å². The van der Waals surface area contributed by atoms with Crippen molar-refractivity contribution < 1.29 is 9.15 Å². The number of ether oxygens (including phenoxy) is 1. The Morgan fingerprint density at radius 1 is 1.57 bits per heavy atom. The van der Waals surface area contributed by atoms with Crippen LogP contribution in [0.25, 0.3) is 0 Å². The van der Waals surface area contributed by atoms with Gasteiger partial charge in [-0.15, -0.1) is 0 Å². The summed E-state index contributed by atoms with van der Waals surface area (Å²) in [7, 11) is 4.66. The first-order valence-corrected chi connectivity index (χ1v) is 3.76. The topological polar surface area (TPSA) is 79.4 Å². The lowest BCUT2D eigenvalue weighted by Gasteiger charge is -2.09. The van der Waals surface area contributed by atoms with Gasteiger partial charge >= 0.3 is 11.6 Å². The van der Waals surface area contributed by atoms with E-state index in [1.807, 2.05) is 0 Å². The average Bonchev–Trinajstić information content (AvgIpc) is 2.16. The molecule has 1 heterocycles. The average molecular weight is 195 g/mol. The molecule has 1 aromatic rings. The van der Waals surface area contributed by atoms with Crippen molar-refractivity contribution in [2.24, 2.45) is 0 Å². The molecule has 6 nitrogen and oxygen atoms in total. The van der Waals surface area contributed by atoms with Gasteiger partial charge in [0.1, 0.15) is 6.07 Å². The van der Waals surface area contributed by atoms with Crippen LogP contribution in [0.5, 0.6) is 5.88 Å². The molecule has 0 aromatic carbocycles. The van der Waals surface area contributed by atoms with E-state index in [2.05, 4.69) is 4.98 Å². The number of rotatable bonds is 2. The Morgan fingerprint density at radius 2 is 2.21 bits per heavy atom. The molecule has 14 heavy (non-hydrogen) atoms. The van der Waals surface area contributed by atoms with Crippen molar-refractivity contribution in [3.8, 4) is 11.9 Å². The summed E-state index contributed by atoms with van der Waals surface area (Å²) in [6.07, 6.45) is 0. The molecule has 0 saturated heterocycles. The second-order valence-electron chi connectivity index (χ2n) is 2.67. The monoisotopic (exact) mass is 195 g/mol. The zero-order chi connectivity index (χ0) is 10.7. The largest absolute Gasteiger partial charge is 0.480 e. The lowest BCUT2D eigenvalue weighted by molar-refractivity contribution is 0.376. The molecule has 0 N–H and O–H groups in total. The van der Waals surface area contributed by atoms with Crippen LogP contribution < -0.4 is 15.3 Å². The van der Waals surface area contributed by atoms with Crippen molar-refractivity contribution in [3.05, 3.63) is 16.0 Å². The molecule has 0 saturated carbocycles. The van der Waals surface area contributed by atoms with Crippen molar-refractivity contribution in [1.82, 2.24) is 4.98 Å². The minimum Gasteiger partial charge on any atom is -0.480 e. The molecular weight excluding hydrogens is 186 g/mol. The maximum atomic E-state index is 11.2. The van der Waals surface area contributed by atoms with Crippen molar-refractivity contribution >= 4 is 6.01 Å². The fourth-order valence-electron chi connectivity index (χ4n) is 0.819. The standard InChI is InChI=1S/C8H9N3O3/c1-11(2)8-10-6(13-3)5(4-9)7(12)14-8/h1-3H3. The number of methoxy groups -OCH3 is 1. The van der Waals surface area contributed by atoms with Crippen LogP contribution in [0.3, 0.4) is 0 Å². The predicted octanol–water partition coefficient (Wildman–Crippen LogP) is -0.0189. The first kappa shape index (κ1) is 10.1. The van der Waals surface area contributed by atoms with E-state index in [1.54, 1.807) is 20.2 Å². The molecule has 0 aliphatic rings. The van der Waals surface area contributed by atoms with Gasteiger partial charge in [-0.05, 0) is 0 Å². The van der Waals surface area contributed by atoms with E-state index in [4.69, 9.17) is 14.4 Å². The second kappa shape index (κ2) is 3.79. The zero-order valence-electron chi connectivity index (χ0n) is 8.07. The quantitative estimate of drug-likeness (QED) is 0.659. The maximum absolute atomic E-state index is 11.2. The van der Waals surface area contributed by atoms with Crippen LogP contribution in [0.1, 0.15) is 5.56 Å². The summed E-state index contributed by atoms with van der Waals surface area (Å²) in [6, 6.07) is 1.77. The lowest BCUT2D eigenvalue weighted by Crippen LogP contribution is -2.17. The number of hydrogen-bond donors (Lipinski definition) is 0. The van der Waals surface area contributed by atoms with Gasteiger partial charge in [-0.2, -0.15) is 10.2 Å². The molecule has 0 aliphatic heterocycles. The van der Waals surface area contributed by atoms with Crippen molar-refractivity contribution in [1.29, 1.82) is 5.26 Å². The minimum atomic E-state index is -0.747. The molecular formula is C8H9N3O3. The molecule has 1 aromatic heterocycles. The van der Waals surface area contributed by atoms with E-state index in [9.17, 15) is 4.79 Å². The molecule has 0 spiro atoms. The van der Waals surface area contributed by atoms with Gasteiger partial charge in [-0.3, -0.25) is 0 Å². The Hall–Kier alpha value is -2.03. The number of nitrogens with zero attached hydrogens (tertiary/aromatic N) is 3. The van der Waals surface area contributed by atoms with Gasteiger partial charge in [-0.1, -0.05) is 0 Å². The normalized spacial score (nSPS) is 9.29. The third kappa shape index (κ3) is 1.66. The van der Waals surface area contributed by atoms with Crippen LogP contribution in [-0.4, -0.2) is 26.2 Å². The summed E-state index contributed by atoms with van der Waals surface area (Å²) < 4.78 is 9.55. The minimum absolute atomic E-state index is 0.0209. The summed E-state index contributed by atoms with van der Waals surface area (Å²) >= 11 is 0. The third-order valence-corrected chi connectivity index (χ3v) is 1.49. The van der Waals surface area contributed by atoms with Crippen LogP contribution in [0.4, 0.5) is 6.01 Å². The highest BCUT2D eigenvalue weighted by Gasteiger charge is 2.14. The Bertz CT molecular complexity index is 430. The number of aromatic nitrogens is 1. The smallest absolute Gasteiger partial charge is 0.362 e. The Kier molecular flexibility index (Phi) is 2.72. The number of hydrogen-bond acceptors (Lipinski definition) is 6. The molecule has 0 bridgehead atoms. The van der Waals surface area contributed by atoms with Gasteiger partial charge in [0.15, 0.2) is 5.56 Å². The van der Waals surface area contributed by atoms with E-state index in [-0.39, 0.29) is 17.5 Å². The summed E-state index contributed by atoms with van der Waals surface area (Å²) in [4.78, 5) is 16.6. The lowest BCUT2D eigenvalue weighted by atomic mass is 10.4. The number of anilines is 1. The number of nitriles is 1. The SMILES string of the molecule is COc1nc(N(C)C)oc(=O)c1C#N. The highest BCUT2D eigenvalue weighted by molar-refractivity contribution is 5.38. The molecule has 0 aliphatic carbocycles. The molecule has 6 heteroatoms. The third-order valence-electron chi connectivity index (χ3n) is 1.49. The molecule has 0 radical (unpaired) electrons. The van der Waals surface area contributed by atoms with E-state index in [0.29, 0.717) is 0 Å². The first-order chi connectivity index (χ1) is 6.60. The van der Waals surface area contributed by atoms with Crippen molar-refractivity contribution in [2.45, 2.75) is 0 Å². The van der Waals surface area contributed by atoms with Crippen molar-refractivity contribution in [2.75, 3.05) is 26.1 Å².